The van der Waals surface area contributed by atoms with Crippen LogP contribution in [0.2, 0.25) is 0 Å². The number of nitrogens with one attached hydrogen (secondary N) is 1. The van der Waals surface area contributed by atoms with E-state index in [1.54, 1.807) is 47.5 Å². The summed E-state index contributed by atoms with van der Waals surface area (Å²) < 4.78 is 40.7. The zero-order chi connectivity index (χ0) is 23.7. The second-order valence-electron chi connectivity index (χ2n) is 7.96. The van der Waals surface area contributed by atoms with Gasteiger partial charge in [0.05, 0.1) is 34.9 Å². The molecule has 11 heteroatoms. The Balaban J connectivity index is 1.31. The summed E-state index contributed by atoms with van der Waals surface area (Å²) in [6.45, 7) is 0.634. The number of benzene rings is 1. The van der Waals surface area contributed by atoms with Crippen LogP contribution in [0.25, 0.3) is 16.6 Å². The molecule has 1 aliphatic heterocycles. The van der Waals surface area contributed by atoms with Crippen molar-refractivity contribution < 1.29 is 17.6 Å². The van der Waals surface area contributed by atoms with E-state index in [0.29, 0.717) is 40.9 Å². The molecule has 34 heavy (non-hydrogen) atoms. The van der Waals surface area contributed by atoms with Gasteiger partial charge in [0.1, 0.15) is 11.6 Å². The number of hydrogen-bond donors (Lipinski definition) is 1. The average Bonchev–Trinajstić information content (AvgIpc) is 3.27. The van der Waals surface area contributed by atoms with Gasteiger partial charge in [-0.3, -0.25) is 14.1 Å². The Kier molecular flexibility index (Phi) is 5.70. The second-order valence-corrected chi connectivity index (χ2v) is 9.97. The molecule has 1 amide bonds. The standard InChI is InChI=1S/C23H21FN6O3S/c24-17-4-6-18(7-5-17)30-21-15-25-13-20(19(21)14-28-30)23(31)27-12-16-3-8-22(26-11-16)29-9-1-2-10-34(29,32)33/h3-8,11,13-15H,1-2,9-10,12H2,(H,27,31). The van der Waals surface area contributed by atoms with Crippen molar-refractivity contribution in [2.75, 3.05) is 16.6 Å². The Bertz CT molecular complexity index is 1450. The molecular formula is C23H21FN6O3S. The number of carbonyl (C=O) groups excluding carboxylic acids is 1. The van der Waals surface area contributed by atoms with Gasteiger partial charge in [0.25, 0.3) is 5.91 Å². The Morgan fingerprint density at radius 3 is 2.59 bits per heavy atom. The lowest BCUT2D eigenvalue weighted by Crippen LogP contribution is -2.38. The molecule has 1 fully saturated rings. The predicted octanol–water partition coefficient (Wildman–Crippen LogP) is 2.81. The third kappa shape index (κ3) is 4.21. The zero-order valence-electron chi connectivity index (χ0n) is 18.1. The summed E-state index contributed by atoms with van der Waals surface area (Å²) in [6.07, 6.45) is 7.66. The van der Waals surface area contributed by atoms with Gasteiger partial charge in [0, 0.05) is 30.9 Å². The number of carbonyl (C=O) groups is 1. The number of hydrogen-bond acceptors (Lipinski definition) is 6. The van der Waals surface area contributed by atoms with Crippen LogP contribution in [0.4, 0.5) is 10.2 Å². The van der Waals surface area contributed by atoms with Gasteiger partial charge in [-0.05, 0) is 48.7 Å². The number of anilines is 1. The van der Waals surface area contributed by atoms with Crippen LogP contribution in [0.3, 0.4) is 0 Å². The number of rotatable bonds is 5. The van der Waals surface area contributed by atoms with Gasteiger partial charge < -0.3 is 5.32 Å². The van der Waals surface area contributed by atoms with E-state index in [4.69, 9.17) is 0 Å². The lowest BCUT2D eigenvalue weighted by atomic mass is 10.1. The van der Waals surface area contributed by atoms with Gasteiger partial charge in [0.2, 0.25) is 10.0 Å². The van der Waals surface area contributed by atoms with E-state index in [0.717, 1.165) is 12.0 Å². The van der Waals surface area contributed by atoms with Crippen LogP contribution in [-0.4, -0.2) is 46.4 Å². The Morgan fingerprint density at radius 1 is 1.03 bits per heavy atom. The van der Waals surface area contributed by atoms with Gasteiger partial charge in [-0.25, -0.2) is 22.5 Å². The van der Waals surface area contributed by atoms with E-state index in [2.05, 4.69) is 20.4 Å². The van der Waals surface area contributed by atoms with Crippen LogP contribution < -0.4 is 9.62 Å². The van der Waals surface area contributed by atoms with E-state index < -0.39 is 10.0 Å². The van der Waals surface area contributed by atoms with Crippen LogP contribution in [0.5, 0.6) is 0 Å². The molecule has 1 aromatic carbocycles. The Labute approximate surface area is 195 Å². The SMILES string of the molecule is O=C(NCc1ccc(N2CCCCS2(=O)=O)nc1)c1cncc2c1cnn2-c1ccc(F)cc1. The average molecular weight is 481 g/mol. The molecule has 0 unspecified atom stereocenters. The van der Waals surface area contributed by atoms with E-state index in [1.807, 2.05) is 0 Å². The summed E-state index contributed by atoms with van der Waals surface area (Å²) in [6, 6.07) is 9.28. The summed E-state index contributed by atoms with van der Waals surface area (Å²) in [7, 11) is -3.32. The molecule has 0 saturated carbocycles. The number of nitrogens with zero attached hydrogens (tertiary/aromatic N) is 5. The van der Waals surface area contributed by atoms with Crippen molar-refractivity contribution in [3.05, 3.63) is 78.1 Å². The summed E-state index contributed by atoms with van der Waals surface area (Å²) in [5.41, 5.74) is 2.36. The van der Waals surface area contributed by atoms with Crippen molar-refractivity contribution in [3.8, 4) is 5.69 Å². The molecule has 0 spiro atoms. The zero-order valence-corrected chi connectivity index (χ0v) is 18.9. The third-order valence-corrected chi connectivity index (χ3v) is 7.53. The maximum absolute atomic E-state index is 13.3. The Hall–Kier alpha value is -3.86. The molecule has 5 rings (SSSR count). The highest BCUT2D eigenvalue weighted by molar-refractivity contribution is 7.92. The minimum Gasteiger partial charge on any atom is -0.348 e. The molecule has 4 aromatic rings. The fourth-order valence-electron chi connectivity index (χ4n) is 3.90. The summed E-state index contributed by atoms with van der Waals surface area (Å²) >= 11 is 0. The molecule has 1 saturated heterocycles. The first-order valence-electron chi connectivity index (χ1n) is 10.7. The summed E-state index contributed by atoms with van der Waals surface area (Å²) in [5.74, 6) is -0.168. The molecular weight excluding hydrogens is 459 g/mol. The molecule has 9 nitrogen and oxygen atoms in total. The van der Waals surface area contributed by atoms with Crippen molar-refractivity contribution in [2.24, 2.45) is 0 Å². The second kappa shape index (κ2) is 8.82. The highest BCUT2D eigenvalue weighted by Crippen LogP contribution is 2.23. The first-order chi connectivity index (χ1) is 16.4. The topological polar surface area (TPSA) is 110 Å². The summed E-state index contributed by atoms with van der Waals surface area (Å²) in [4.78, 5) is 21.3. The molecule has 1 aliphatic rings. The van der Waals surface area contributed by atoms with E-state index in [9.17, 15) is 17.6 Å². The molecule has 4 heterocycles. The number of pyridine rings is 2. The molecule has 0 radical (unpaired) electrons. The monoisotopic (exact) mass is 480 g/mol. The number of fused-ring (bicyclic) bond motifs is 1. The van der Waals surface area contributed by atoms with E-state index in [1.165, 1.54) is 22.6 Å². The van der Waals surface area contributed by atoms with Gasteiger partial charge in [0.15, 0.2) is 0 Å². The van der Waals surface area contributed by atoms with E-state index in [-0.39, 0.29) is 24.0 Å². The van der Waals surface area contributed by atoms with Gasteiger partial charge in [-0.2, -0.15) is 5.10 Å². The van der Waals surface area contributed by atoms with Gasteiger partial charge in [-0.1, -0.05) is 6.07 Å². The molecule has 1 N–H and O–H groups in total. The predicted molar refractivity (Wildman–Crippen MR) is 125 cm³/mol. The van der Waals surface area contributed by atoms with Crippen LogP contribution >= 0.6 is 0 Å². The first-order valence-corrected chi connectivity index (χ1v) is 12.3. The fourth-order valence-corrected chi connectivity index (χ4v) is 5.49. The number of aromatic nitrogens is 4. The van der Waals surface area contributed by atoms with Crippen molar-refractivity contribution in [1.29, 1.82) is 0 Å². The third-order valence-electron chi connectivity index (χ3n) is 5.68. The van der Waals surface area contributed by atoms with Crippen molar-refractivity contribution >= 4 is 32.7 Å². The molecule has 3 aromatic heterocycles. The highest BCUT2D eigenvalue weighted by Gasteiger charge is 2.26. The van der Waals surface area contributed by atoms with Crippen LogP contribution in [-0.2, 0) is 16.6 Å². The minimum absolute atomic E-state index is 0.129. The lowest BCUT2D eigenvalue weighted by Gasteiger charge is -2.27. The largest absolute Gasteiger partial charge is 0.348 e. The summed E-state index contributed by atoms with van der Waals surface area (Å²) in [5, 5.41) is 7.79. The fraction of sp³-hybridized carbons (Fsp3) is 0.217. The number of sulfonamides is 1. The van der Waals surface area contributed by atoms with E-state index >= 15 is 0 Å². The van der Waals surface area contributed by atoms with Crippen LogP contribution in [0.15, 0.2) is 61.2 Å². The minimum atomic E-state index is -3.32. The van der Waals surface area contributed by atoms with Gasteiger partial charge in [-0.15, -0.1) is 0 Å². The quantitative estimate of drug-likeness (QED) is 0.470. The van der Waals surface area contributed by atoms with Crippen molar-refractivity contribution in [3.63, 3.8) is 0 Å². The van der Waals surface area contributed by atoms with Crippen LogP contribution in [0, 0.1) is 5.82 Å². The van der Waals surface area contributed by atoms with Crippen molar-refractivity contribution in [1.82, 2.24) is 25.1 Å². The Morgan fingerprint density at radius 2 is 1.85 bits per heavy atom. The maximum atomic E-state index is 13.3. The lowest BCUT2D eigenvalue weighted by molar-refractivity contribution is 0.0952. The van der Waals surface area contributed by atoms with Crippen molar-refractivity contribution in [2.45, 2.75) is 19.4 Å². The number of amides is 1. The molecule has 0 atom stereocenters. The molecule has 174 valence electrons. The smallest absolute Gasteiger partial charge is 0.253 e. The molecule has 0 bridgehead atoms. The van der Waals surface area contributed by atoms with Crippen LogP contribution in [0.1, 0.15) is 28.8 Å². The first kappa shape index (κ1) is 22.0. The molecule has 0 aliphatic carbocycles. The normalized spacial score (nSPS) is 15.4. The maximum Gasteiger partial charge on any atom is 0.253 e. The number of halogens is 1. The van der Waals surface area contributed by atoms with Gasteiger partial charge >= 0.3 is 0 Å². The highest BCUT2D eigenvalue weighted by atomic mass is 32.2.